The van der Waals surface area contributed by atoms with Gasteiger partial charge in [-0.15, -0.1) is 0 Å². The molecule has 0 spiro atoms. The van der Waals surface area contributed by atoms with E-state index in [0.29, 0.717) is 5.56 Å². The van der Waals surface area contributed by atoms with Crippen LogP contribution in [0.3, 0.4) is 0 Å². The number of alkyl halides is 3. The molecule has 0 bridgehead atoms. The van der Waals surface area contributed by atoms with Gasteiger partial charge >= 0.3 is 24.1 Å². The highest BCUT2D eigenvalue weighted by Gasteiger charge is 2.35. The second-order valence-corrected chi connectivity index (χ2v) is 7.04. The molecule has 0 saturated carbocycles. The zero-order valence-electron chi connectivity index (χ0n) is 17.9. The quantitative estimate of drug-likeness (QED) is 0.527. The van der Waals surface area contributed by atoms with Gasteiger partial charge in [0.05, 0.1) is 36.3 Å². The third-order valence-corrected chi connectivity index (χ3v) is 4.55. The number of esters is 2. The third-order valence-electron chi connectivity index (χ3n) is 4.55. The molecule has 34 heavy (non-hydrogen) atoms. The summed E-state index contributed by atoms with van der Waals surface area (Å²) in [5, 5.41) is 5.01. The molecule has 3 rings (SSSR count). The molecule has 2 amide bonds. The molecule has 12 heteroatoms. The molecule has 9 nitrogen and oxygen atoms in total. The largest absolute Gasteiger partial charge is 0.467 e. The Labute approximate surface area is 191 Å². The van der Waals surface area contributed by atoms with Gasteiger partial charge in [-0.05, 0) is 36.8 Å². The summed E-state index contributed by atoms with van der Waals surface area (Å²) >= 11 is 0. The van der Waals surface area contributed by atoms with Crippen LogP contribution in [0, 0.1) is 0 Å². The van der Waals surface area contributed by atoms with Crippen molar-refractivity contribution in [3.8, 4) is 0 Å². The Kier molecular flexibility index (Phi) is 7.95. The smallest absolute Gasteiger partial charge is 0.411 e. The van der Waals surface area contributed by atoms with Gasteiger partial charge < -0.3 is 29.3 Å². The number of hydrogen-bond donors (Lipinski definition) is 2. The van der Waals surface area contributed by atoms with Gasteiger partial charge in [0.15, 0.2) is 0 Å². The molecular formula is C22H21F3N2O7. The Bertz CT molecular complexity index is 1050. The van der Waals surface area contributed by atoms with Gasteiger partial charge in [-0.1, -0.05) is 12.1 Å². The minimum Gasteiger partial charge on any atom is -0.467 e. The standard InChI is InChI=1S/C22H21F3N2O7/c1-2-32-20(29)17-15(26-21(30)27-18(17)16-4-3-9-33-16)11-34-19(28)14-7-5-13(6-8-14)10-31-12-22(23,24)25/h3-9,18H,2,10-12H2,1H3,(H2,26,27,30). The monoisotopic (exact) mass is 482 g/mol. The fourth-order valence-corrected chi connectivity index (χ4v) is 3.09. The highest BCUT2D eigenvalue weighted by molar-refractivity contribution is 5.95. The summed E-state index contributed by atoms with van der Waals surface area (Å²) in [6.07, 6.45) is -3.05. The Morgan fingerprint density at radius 3 is 2.41 bits per heavy atom. The number of benzene rings is 1. The van der Waals surface area contributed by atoms with Gasteiger partial charge in [0.2, 0.25) is 0 Å². The number of ether oxygens (including phenoxy) is 3. The van der Waals surface area contributed by atoms with Crippen LogP contribution in [0.25, 0.3) is 0 Å². The number of halogens is 3. The number of carbonyl (C=O) groups excluding carboxylic acids is 3. The summed E-state index contributed by atoms with van der Waals surface area (Å²) in [4.78, 5) is 37.2. The Balaban J connectivity index is 1.71. The van der Waals surface area contributed by atoms with E-state index in [1.54, 1.807) is 19.1 Å². The van der Waals surface area contributed by atoms with Crippen molar-refractivity contribution in [2.45, 2.75) is 25.7 Å². The van der Waals surface area contributed by atoms with E-state index in [2.05, 4.69) is 15.4 Å². The molecule has 0 aliphatic carbocycles. The second kappa shape index (κ2) is 10.9. The predicted octanol–water partition coefficient (Wildman–Crippen LogP) is 3.39. The number of rotatable bonds is 9. The van der Waals surface area contributed by atoms with E-state index in [9.17, 15) is 27.6 Å². The third kappa shape index (κ3) is 6.61. The van der Waals surface area contributed by atoms with Crippen LogP contribution in [-0.2, 0) is 25.6 Å². The van der Waals surface area contributed by atoms with E-state index in [0.717, 1.165) is 0 Å². The maximum atomic E-state index is 12.6. The number of urea groups is 1. The van der Waals surface area contributed by atoms with Crippen LogP contribution in [0.15, 0.2) is 58.3 Å². The van der Waals surface area contributed by atoms with Crippen LogP contribution in [0.2, 0.25) is 0 Å². The topological polar surface area (TPSA) is 116 Å². The maximum absolute atomic E-state index is 12.6. The first-order valence-electron chi connectivity index (χ1n) is 10.1. The molecule has 2 aromatic rings. The molecule has 1 atom stereocenters. The van der Waals surface area contributed by atoms with Crippen LogP contribution >= 0.6 is 0 Å². The molecular weight excluding hydrogens is 461 g/mol. The van der Waals surface area contributed by atoms with Crippen molar-refractivity contribution in [1.29, 1.82) is 0 Å². The normalized spacial score (nSPS) is 16.0. The van der Waals surface area contributed by atoms with Crippen LogP contribution in [-0.4, -0.2) is 44.0 Å². The fraction of sp³-hybridized carbons (Fsp3) is 0.318. The Morgan fingerprint density at radius 2 is 1.79 bits per heavy atom. The van der Waals surface area contributed by atoms with Crippen molar-refractivity contribution in [2.24, 2.45) is 0 Å². The first kappa shape index (κ1) is 24.8. The van der Waals surface area contributed by atoms with Crippen molar-refractivity contribution in [3.05, 3.63) is 70.8 Å². The van der Waals surface area contributed by atoms with Crippen molar-refractivity contribution in [2.75, 3.05) is 19.8 Å². The summed E-state index contributed by atoms with van der Waals surface area (Å²) in [5.74, 6) is -1.23. The first-order chi connectivity index (χ1) is 16.2. The molecule has 1 aliphatic heterocycles. The zero-order chi connectivity index (χ0) is 24.7. The van der Waals surface area contributed by atoms with Crippen molar-refractivity contribution in [1.82, 2.24) is 10.6 Å². The minimum absolute atomic E-state index is 0.0151. The van der Waals surface area contributed by atoms with Crippen LogP contribution in [0.4, 0.5) is 18.0 Å². The van der Waals surface area contributed by atoms with Gasteiger partial charge in [-0.2, -0.15) is 13.2 Å². The van der Waals surface area contributed by atoms with Crippen LogP contribution in [0.1, 0.15) is 34.6 Å². The number of carbonyl (C=O) groups is 3. The van der Waals surface area contributed by atoms with Gasteiger partial charge in [0.25, 0.3) is 0 Å². The maximum Gasteiger partial charge on any atom is 0.411 e. The summed E-state index contributed by atoms with van der Waals surface area (Å²) in [6.45, 7) is -0.417. The van der Waals surface area contributed by atoms with Crippen LogP contribution in [0.5, 0.6) is 0 Å². The molecule has 2 heterocycles. The van der Waals surface area contributed by atoms with E-state index in [1.165, 1.54) is 30.5 Å². The molecule has 1 unspecified atom stereocenters. The molecule has 1 aromatic carbocycles. The van der Waals surface area contributed by atoms with Crippen molar-refractivity contribution in [3.63, 3.8) is 0 Å². The number of furan rings is 1. The lowest BCUT2D eigenvalue weighted by molar-refractivity contribution is -0.176. The Hall–Kier alpha value is -3.80. The highest BCUT2D eigenvalue weighted by atomic mass is 19.4. The molecule has 0 fully saturated rings. The van der Waals surface area contributed by atoms with Crippen molar-refractivity contribution < 1.29 is 46.2 Å². The lowest BCUT2D eigenvalue weighted by Crippen LogP contribution is -2.47. The second-order valence-electron chi connectivity index (χ2n) is 7.04. The molecule has 1 aliphatic rings. The summed E-state index contributed by atoms with van der Waals surface area (Å²) < 4.78 is 56.7. The van der Waals surface area contributed by atoms with Gasteiger partial charge in [-0.25, -0.2) is 14.4 Å². The van der Waals surface area contributed by atoms with Gasteiger partial charge in [0.1, 0.15) is 25.0 Å². The van der Waals surface area contributed by atoms with E-state index < -0.39 is 43.4 Å². The lowest BCUT2D eigenvalue weighted by Gasteiger charge is -2.27. The fourth-order valence-electron chi connectivity index (χ4n) is 3.09. The van der Waals surface area contributed by atoms with E-state index in [-0.39, 0.29) is 35.8 Å². The number of nitrogens with one attached hydrogen (secondary N) is 2. The lowest BCUT2D eigenvalue weighted by atomic mass is 10.0. The molecule has 1 aromatic heterocycles. The summed E-state index contributed by atoms with van der Waals surface area (Å²) in [5.41, 5.74) is 0.580. The average Bonchev–Trinajstić information content (AvgIpc) is 3.31. The predicted molar refractivity (Wildman–Crippen MR) is 109 cm³/mol. The summed E-state index contributed by atoms with van der Waals surface area (Å²) in [7, 11) is 0. The van der Waals surface area contributed by atoms with Crippen molar-refractivity contribution >= 4 is 18.0 Å². The number of amides is 2. The van der Waals surface area contributed by atoms with E-state index in [4.69, 9.17) is 13.9 Å². The SMILES string of the molecule is CCOC(=O)C1=C(COC(=O)c2ccc(COCC(F)(F)F)cc2)NC(=O)NC1c1ccco1. The summed E-state index contributed by atoms with van der Waals surface area (Å²) in [6, 6.07) is 7.15. The molecule has 0 radical (unpaired) electrons. The van der Waals surface area contributed by atoms with Gasteiger partial charge in [0, 0.05) is 0 Å². The highest BCUT2D eigenvalue weighted by Crippen LogP contribution is 2.28. The Morgan fingerprint density at radius 1 is 1.06 bits per heavy atom. The van der Waals surface area contributed by atoms with Gasteiger partial charge in [-0.3, -0.25) is 0 Å². The number of hydrogen-bond acceptors (Lipinski definition) is 7. The van der Waals surface area contributed by atoms with E-state index >= 15 is 0 Å². The first-order valence-corrected chi connectivity index (χ1v) is 10.1. The average molecular weight is 482 g/mol. The van der Waals surface area contributed by atoms with Crippen LogP contribution < -0.4 is 10.6 Å². The minimum atomic E-state index is -4.43. The zero-order valence-corrected chi connectivity index (χ0v) is 17.9. The molecule has 2 N–H and O–H groups in total. The van der Waals surface area contributed by atoms with E-state index in [1.807, 2.05) is 0 Å². The molecule has 0 saturated heterocycles. The molecule has 182 valence electrons.